The number of para-hydroxylation sites is 2. The van der Waals surface area contributed by atoms with Gasteiger partial charge in [-0.05, 0) is 83.0 Å². The van der Waals surface area contributed by atoms with Crippen LogP contribution in [0.25, 0.3) is 0 Å². The molecule has 3 rings (SSSR count). The Balaban J connectivity index is 2.04. The average Bonchev–Trinajstić information content (AvgIpc) is 2.92. The van der Waals surface area contributed by atoms with E-state index in [2.05, 4.69) is 5.32 Å². The molecule has 220 valence electrons. The Morgan fingerprint density at radius 3 is 2.17 bits per heavy atom. The Morgan fingerprint density at radius 1 is 0.951 bits per heavy atom. The molecule has 0 saturated carbocycles. The fraction of sp³-hybridized carbons (Fsp3) is 0.355. The third-order valence-corrected chi connectivity index (χ3v) is 8.29. The minimum atomic E-state index is -4.24. The van der Waals surface area contributed by atoms with Crippen molar-refractivity contribution in [3.8, 4) is 5.75 Å². The molecule has 0 aliphatic rings. The Labute approximate surface area is 248 Å². The smallest absolute Gasteiger partial charge is 0.264 e. The van der Waals surface area contributed by atoms with Gasteiger partial charge >= 0.3 is 0 Å². The maximum Gasteiger partial charge on any atom is 0.264 e. The summed E-state index contributed by atoms with van der Waals surface area (Å²) in [6.07, 6.45) is 0.485. The van der Waals surface area contributed by atoms with Crippen molar-refractivity contribution in [2.45, 2.75) is 57.5 Å². The standard InChI is InChI=1S/C31H38ClN3O5S/c1-6-40-28-15-11-10-14-27(28)35(41(38,39)26-18-16-25(32)17-19-26)22-29(36)34(21-20-24-12-8-7-9-13-24)23(2)30(37)33-31(3,4)5/h7-19,23H,6,20-22H2,1-5H3,(H,33,37). The molecule has 1 N–H and O–H groups in total. The van der Waals surface area contributed by atoms with Crippen molar-refractivity contribution in [2.75, 3.05) is 24.0 Å². The van der Waals surface area contributed by atoms with Gasteiger partial charge in [-0.25, -0.2) is 8.42 Å². The van der Waals surface area contributed by atoms with Crippen molar-refractivity contribution in [3.63, 3.8) is 0 Å². The number of rotatable bonds is 12. The number of carbonyl (C=O) groups excluding carboxylic acids is 2. The number of carbonyl (C=O) groups is 2. The summed E-state index contributed by atoms with van der Waals surface area (Å²) in [5.41, 5.74) is 0.688. The molecule has 0 aromatic heterocycles. The van der Waals surface area contributed by atoms with E-state index in [-0.39, 0.29) is 23.0 Å². The summed E-state index contributed by atoms with van der Waals surface area (Å²) in [4.78, 5) is 28.6. The van der Waals surface area contributed by atoms with Crippen LogP contribution in [0.4, 0.5) is 5.69 Å². The zero-order valence-electron chi connectivity index (χ0n) is 24.1. The first-order chi connectivity index (χ1) is 19.3. The lowest BCUT2D eigenvalue weighted by Crippen LogP contribution is -2.55. The Kier molecular flexibility index (Phi) is 10.8. The zero-order chi connectivity index (χ0) is 30.2. The van der Waals surface area contributed by atoms with Gasteiger partial charge in [-0.15, -0.1) is 0 Å². The highest BCUT2D eigenvalue weighted by atomic mass is 35.5. The molecule has 0 bridgehead atoms. The van der Waals surface area contributed by atoms with Gasteiger partial charge in [0.05, 0.1) is 17.2 Å². The second-order valence-electron chi connectivity index (χ2n) is 10.6. The van der Waals surface area contributed by atoms with E-state index in [4.69, 9.17) is 16.3 Å². The van der Waals surface area contributed by atoms with Crippen molar-refractivity contribution < 1.29 is 22.7 Å². The SMILES string of the molecule is CCOc1ccccc1N(CC(=O)N(CCc1ccccc1)C(C)C(=O)NC(C)(C)C)S(=O)(=O)c1ccc(Cl)cc1. The minimum Gasteiger partial charge on any atom is -0.492 e. The molecule has 3 aromatic rings. The second-order valence-corrected chi connectivity index (χ2v) is 12.9. The molecule has 0 fully saturated rings. The summed E-state index contributed by atoms with van der Waals surface area (Å²) in [6, 6.07) is 21.1. The normalized spacial score (nSPS) is 12.3. The fourth-order valence-electron chi connectivity index (χ4n) is 4.23. The predicted octanol–water partition coefficient (Wildman–Crippen LogP) is 5.31. The summed E-state index contributed by atoms with van der Waals surface area (Å²) in [5, 5.41) is 3.31. The van der Waals surface area contributed by atoms with Crippen LogP contribution in [0.15, 0.2) is 83.8 Å². The van der Waals surface area contributed by atoms with Crippen LogP contribution in [0.3, 0.4) is 0 Å². The number of nitrogens with zero attached hydrogens (tertiary/aromatic N) is 2. The summed E-state index contributed by atoms with van der Waals surface area (Å²) in [7, 11) is -4.24. The van der Waals surface area contributed by atoms with Crippen LogP contribution in [0, 0.1) is 0 Å². The van der Waals surface area contributed by atoms with Crippen molar-refractivity contribution >= 4 is 39.1 Å². The van der Waals surface area contributed by atoms with Gasteiger partial charge in [-0.3, -0.25) is 13.9 Å². The van der Waals surface area contributed by atoms with Gasteiger partial charge in [-0.1, -0.05) is 54.1 Å². The van der Waals surface area contributed by atoms with E-state index in [1.165, 1.54) is 29.2 Å². The fourth-order valence-corrected chi connectivity index (χ4v) is 5.78. The van der Waals surface area contributed by atoms with Crippen molar-refractivity contribution in [3.05, 3.63) is 89.4 Å². The van der Waals surface area contributed by atoms with Crippen LogP contribution in [-0.4, -0.2) is 56.4 Å². The number of ether oxygens (including phenoxy) is 1. The first-order valence-electron chi connectivity index (χ1n) is 13.5. The van der Waals surface area contributed by atoms with Crippen LogP contribution >= 0.6 is 11.6 Å². The quantitative estimate of drug-likeness (QED) is 0.304. The summed E-state index contributed by atoms with van der Waals surface area (Å²) >= 11 is 6.02. The molecule has 0 aliphatic carbocycles. The third-order valence-electron chi connectivity index (χ3n) is 6.26. The number of nitrogens with one attached hydrogen (secondary N) is 1. The van der Waals surface area contributed by atoms with E-state index in [1.54, 1.807) is 38.1 Å². The lowest BCUT2D eigenvalue weighted by Gasteiger charge is -2.33. The molecule has 1 atom stereocenters. The highest BCUT2D eigenvalue weighted by Gasteiger charge is 2.34. The van der Waals surface area contributed by atoms with Gasteiger partial charge in [0.25, 0.3) is 10.0 Å². The highest BCUT2D eigenvalue weighted by Crippen LogP contribution is 2.33. The predicted molar refractivity (Wildman–Crippen MR) is 163 cm³/mol. The molecular weight excluding hydrogens is 562 g/mol. The summed E-state index contributed by atoms with van der Waals surface area (Å²) in [6.45, 7) is 8.99. The molecular formula is C31H38ClN3O5S. The van der Waals surface area contributed by atoms with E-state index in [9.17, 15) is 18.0 Å². The van der Waals surface area contributed by atoms with E-state index in [0.717, 1.165) is 9.87 Å². The molecule has 2 amide bonds. The minimum absolute atomic E-state index is 0.0321. The van der Waals surface area contributed by atoms with Gasteiger partial charge in [-0.2, -0.15) is 0 Å². The molecule has 0 saturated heterocycles. The second kappa shape index (κ2) is 13.9. The first kappa shape index (κ1) is 32.0. The first-order valence-corrected chi connectivity index (χ1v) is 15.3. The van der Waals surface area contributed by atoms with Crippen molar-refractivity contribution in [2.24, 2.45) is 0 Å². The van der Waals surface area contributed by atoms with Crippen molar-refractivity contribution in [1.29, 1.82) is 0 Å². The molecule has 1 unspecified atom stereocenters. The van der Waals surface area contributed by atoms with Gasteiger partial charge in [0.1, 0.15) is 18.3 Å². The Hall–Kier alpha value is -3.56. The molecule has 3 aromatic carbocycles. The summed E-state index contributed by atoms with van der Waals surface area (Å²) in [5.74, 6) is -0.545. The number of anilines is 1. The molecule has 0 aliphatic heterocycles. The van der Waals surface area contributed by atoms with E-state index in [1.807, 2.05) is 51.1 Å². The molecule has 10 heteroatoms. The molecule has 41 heavy (non-hydrogen) atoms. The third kappa shape index (κ3) is 8.71. The monoisotopic (exact) mass is 599 g/mol. The van der Waals surface area contributed by atoms with Crippen LogP contribution in [-0.2, 0) is 26.0 Å². The topological polar surface area (TPSA) is 96.0 Å². The molecule has 8 nitrogen and oxygen atoms in total. The van der Waals surface area contributed by atoms with Crippen LogP contribution in [0.2, 0.25) is 5.02 Å². The number of halogens is 1. The van der Waals surface area contributed by atoms with E-state index in [0.29, 0.717) is 23.8 Å². The van der Waals surface area contributed by atoms with E-state index < -0.39 is 34.1 Å². The van der Waals surface area contributed by atoms with Gasteiger partial charge in [0.15, 0.2) is 0 Å². The number of sulfonamides is 1. The number of hydrogen-bond donors (Lipinski definition) is 1. The van der Waals surface area contributed by atoms with Gasteiger partial charge < -0.3 is 15.0 Å². The summed E-state index contributed by atoms with van der Waals surface area (Å²) < 4.78 is 34.8. The van der Waals surface area contributed by atoms with Crippen LogP contribution in [0.5, 0.6) is 5.75 Å². The highest BCUT2D eigenvalue weighted by molar-refractivity contribution is 7.92. The largest absolute Gasteiger partial charge is 0.492 e. The average molecular weight is 600 g/mol. The van der Waals surface area contributed by atoms with E-state index >= 15 is 0 Å². The lowest BCUT2D eigenvalue weighted by molar-refractivity contribution is -0.139. The maximum atomic E-state index is 14.0. The van der Waals surface area contributed by atoms with Crippen LogP contribution in [0.1, 0.15) is 40.2 Å². The van der Waals surface area contributed by atoms with Crippen molar-refractivity contribution in [1.82, 2.24) is 10.2 Å². The van der Waals surface area contributed by atoms with Gasteiger partial charge in [0, 0.05) is 17.1 Å². The number of benzene rings is 3. The molecule has 0 heterocycles. The lowest BCUT2D eigenvalue weighted by atomic mass is 10.1. The Morgan fingerprint density at radius 2 is 1.56 bits per heavy atom. The Bertz CT molecular complexity index is 1420. The zero-order valence-corrected chi connectivity index (χ0v) is 25.7. The molecule has 0 spiro atoms. The van der Waals surface area contributed by atoms with Crippen LogP contribution < -0.4 is 14.4 Å². The molecule has 0 radical (unpaired) electrons. The van der Waals surface area contributed by atoms with Gasteiger partial charge in [0.2, 0.25) is 11.8 Å². The maximum absolute atomic E-state index is 14.0. The number of hydrogen-bond acceptors (Lipinski definition) is 5. The number of amides is 2.